The largest absolute Gasteiger partial charge is 0.466 e. The molecule has 0 saturated heterocycles. The second-order valence-electron chi connectivity index (χ2n) is 4.83. The first-order chi connectivity index (χ1) is 12.2. The van der Waals surface area contributed by atoms with Crippen LogP contribution in [0.5, 0.6) is 0 Å². The molecule has 0 radical (unpaired) electrons. The summed E-state index contributed by atoms with van der Waals surface area (Å²) >= 11 is 15.1. The first-order valence-corrected chi connectivity index (χ1v) is 8.36. The molecule has 0 unspecified atom stereocenters. The van der Waals surface area contributed by atoms with Crippen molar-refractivity contribution >= 4 is 62.4 Å². The van der Waals surface area contributed by atoms with Gasteiger partial charge >= 0.3 is 11.9 Å². The van der Waals surface area contributed by atoms with Crippen molar-refractivity contribution in [3.63, 3.8) is 0 Å². The van der Waals surface area contributed by atoms with Crippen LogP contribution in [0.2, 0.25) is 10.0 Å². The number of rotatable bonds is 4. The Hall–Kier alpha value is -1.88. The molecule has 0 amide bonds. The third kappa shape index (κ3) is 3.63. The van der Waals surface area contributed by atoms with Crippen molar-refractivity contribution < 1.29 is 28.7 Å². The fraction of sp³-hybridized carbons (Fsp3) is 0.286. The van der Waals surface area contributed by atoms with Gasteiger partial charge in [0.15, 0.2) is 0 Å². The average molecular weight is 470 g/mol. The lowest BCUT2D eigenvalue weighted by Crippen LogP contribution is -2.39. The summed E-state index contributed by atoms with van der Waals surface area (Å²) in [7, 11) is 2.23. The minimum absolute atomic E-state index is 0.0123. The number of hydrogen-bond acceptors (Lipinski definition) is 8. The summed E-state index contributed by atoms with van der Waals surface area (Å²) in [6.07, 6.45) is 0. The van der Waals surface area contributed by atoms with Gasteiger partial charge in [0, 0.05) is 6.07 Å². The molecule has 0 N–H and O–H groups in total. The first-order valence-electron chi connectivity index (χ1n) is 6.81. The van der Waals surface area contributed by atoms with E-state index in [2.05, 4.69) is 20.7 Å². The lowest BCUT2D eigenvalue weighted by Gasteiger charge is -2.31. The summed E-state index contributed by atoms with van der Waals surface area (Å²) in [6, 6.07) is 1.03. The first kappa shape index (κ1) is 20.4. The Morgan fingerprint density at radius 2 is 1.92 bits per heavy atom. The maximum absolute atomic E-state index is 12.3. The molecule has 0 aromatic heterocycles. The minimum Gasteiger partial charge on any atom is -0.466 e. The molecule has 2 rings (SSSR count). The van der Waals surface area contributed by atoms with E-state index in [9.17, 15) is 19.7 Å². The van der Waals surface area contributed by atoms with E-state index in [0.717, 1.165) is 25.2 Å². The number of hydrogen-bond donors (Lipinski definition) is 0. The molecule has 0 bridgehead atoms. The van der Waals surface area contributed by atoms with Gasteiger partial charge in [-0.3, -0.25) is 10.1 Å². The van der Waals surface area contributed by atoms with E-state index in [-0.39, 0.29) is 44.8 Å². The average Bonchev–Trinajstić information content (AvgIpc) is 2.63. The Kier molecular flexibility index (Phi) is 6.45. The monoisotopic (exact) mass is 468 g/mol. The number of nitro groups is 1. The molecule has 0 aliphatic carbocycles. The Balaban J connectivity index is 2.81. The summed E-state index contributed by atoms with van der Waals surface area (Å²) in [5, 5.41) is 11.4. The summed E-state index contributed by atoms with van der Waals surface area (Å²) < 4.78 is 14.7. The fourth-order valence-corrected chi connectivity index (χ4v) is 3.38. The summed E-state index contributed by atoms with van der Waals surface area (Å²) in [4.78, 5) is 36.2. The number of halogens is 3. The van der Waals surface area contributed by atoms with Gasteiger partial charge in [-0.2, -0.15) is 0 Å². The molecule has 12 heteroatoms. The number of ether oxygens (including phenoxy) is 3. The Labute approximate surface area is 165 Å². The molecule has 0 fully saturated rings. The van der Waals surface area contributed by atoms with Crippen LogP contribution in [0.4, 0.5) is 11.4 Å². The van der Waals surface area contributed by atoms with Crippen molar-refractivity contribution in [3.05, 3.63) is 42.0 Å². The van der Waals surface area contributed by atoms with E-state index < -0.39 is 22.5 Å². The van der Waals surface area contributed by atoms with Gasteiger partial charge in [-0.15, -0.1) is 0 Å². The molecular weight excluding hydrogens is 459 g/mol. The topological polar surface area (TPSA) is 108 Å². The van der Waals surface area contributed by atoms with Crippen LogP contribution in [0.3, 0.4) is 0 Å². The molecule has 1 heterocycles. The molecule has 0 spiro atoms. The van der Waals surface area contributed by atoms with Crippen LogP contribution in [-0.4, -0.2) is 44.4 Å². The van der Waals surface area contributed by atoms with Crippen molar-refractivity contribution in [3.8, 4) is 0 Å². The number of benzene rings is 1. The van der Waals surface area contributed by atoms with Gasteiger partial charge in [0.25, 0.3) is 5.69 Å². The summed E-state index contributed by atoms with van der Waals surface area (Å²) in [5.41, 5.74) is -0.987. The Morgan fingerprint density at radius 3 is 2.46 bits per heavy atom. The summed E-state index contributed by atoms with van der Waals surface area (Å²) in [5.74, 6) is -1.74. The van der Waals surface area contributed by atoms with Crippen LogP contribution in [0.1, 0.15) is 0 Å². The quantitative estimate of drug-likeness (QED) is 0.286. The van der Waals surface area contributed by atoms with Crippen LogP contribution in [0.25, 0.3) is 0 Å². The van der Waals surface area contributed by atoms with E-state index in [0.29, 0.717) is 0 Å². The zero-order valence-corrected chi connectivity index (χ0v) is 16.5. The van der Waals surface area contributed by atoms with E-state index in [4.69, 9.17) is 32.7 Å². The van der Waals surface area contributed by atoms with E-state index in [1.165, 1.54) is 0 Å². The number of esters is 2. The van der Waals surface area contributed by atoms with Gasteiger partial charge in [0.2, 0.25) is 0 Å². The fourth-order valence-electron chi connectivity index (χ4n) is 2.29. The lowest BCUT2D eigenvalue weighted by molar-refractivity contribution is -0.384. The molecule has 1 aliphatic rings. The second-order valence-corrected chi connectivity index (χ2v) is 6.41. The SMILES string of the molecule is COC(=O)C1=C(C(=O)OC)N(c2c([N+](=O)[O-])cc(Cl)c(Cl)c2Br)COC1. The maximum atomic E-state index is 12.3. The van der Waals surface area contributed by atoms with E-state index in [1.807, 2.05) is 0 Å². The third-order valence-electron chi connectivity index (χ3n) is 3.42. The van der Waals surface area contributed by atoms with Crippen molar-refractivity contribution in [2.75, 3.05) is 32.5 Å². The molecular formula is C14H11BrCl2N2O7. The standard InChI is InChI=1S/C14H11BrCl2N2O7/c1-24-13(20)6-4-26-5-18(11(6)14(21)25-2)12-8(19(22)23)3-7(16)10(17)9(12)15/h3H,4-5H2,1-2H3. The predicted octanol–water partition coefficient (Wildman–Crippen LogP) is 3.06. The molecule has 1 aliphatic heterocycles. The van der Waals surface area contributed by atoms with Gasteiger partial charge in [-0.1, -0.05) is 23.2 Å². The summed E-state index contributed by atoms with van der Waals surface area (Å²) in [6.45, 7) is -0.511. The molecule has 1 aromatic rings. The maximum Gasteiger partial charge on any atom is 0.355 e. The third-order valence-corrected chi connectivity index (χ3v) is 5.20. The highest BCUT2D eigenvalue weighted by molar-refractivity contribution is 9.10. The molecule has 1 aromatic carbocycles. The van der Waals surface area contributed by atoms with Crippen LogP contribution < -0.4 is 4.90 Å². The molecule has 9 nitrogen and oxygen atoms in total. The number of methoxy groups -OCH3 is 2. The minimum atomic E-state index is -0.902. The zero-order chi connectivity index (χ0) is 19.6. The highest BCUT2D eigenvalue weighted by Crippen LogP contribution is 2.46. The van der Waals surface area contributed by atoms with Crippen molar-refractivity contribution in [1.82, 2.24) is 0 Å². The van der Waals surface area contributed by atoms with Gasteiger partial charge in [-0.25, -0.2) is 9.59 Å². The Bertz CT molecular complexity index is 828. The smallest absolute Gasteiger partial charge is 0.355 e. The molecule has 140 valence electrons. The van der Waals surface area contributed by atoms with Crippen molar-refractivity contribution in [2.45, 2.75) is 0 Å². The van der Waals surface area contributed by atoms with E-state index >= 15 is 0 Å². The molecule has 26 heavy (non-hydrogen) atoms. The number of carbonyl (C=O) groups is 2. The normalized spacial score (nSPS) is 14.3. The molecule has 0 saturated carbocycles. The highest BCUT2D eigenvalue weighted by atomic mass is 79.9. The van der Waals surface area contributed by atoms with Crippen LogP contribution in [-0.2, 0) is 23.8 Å². The predicted molar refractivity (Wildman–Crippen MR) is 95.2 cm³/mol. The number of nitro benzene ring substituents is 1. The van der Waals surface area contributed by atoms with Gasteiger partial charge in [-0.05, 0) is 15.9 Å². The second kappa shape index (κ2) is 8.21. The number of nitrogens with zero attached hydrogens (tertiary/aromatic N) is 2. The van der Waals surface area contributed by atoms with Crippen LogP contribution >= 0.6 is 39.1 Å². The Morgan fingerprint density at radius 1 is 1.31 bits per heavy atom. The van der Waals surface area contributed by atoms with Gasteiger partial charge in [0.1, 0.15) is 18.1 Å². The number of carbonyl (C=O) groups excluding carboxylic acids is 2. The van der Waals surface area contributed by atoms with Gasteiger partial charge in [0.05, 0.1) is 45.8 Å². The zero-order valence-electron chi connectivity index (χ0n) is 13.4. The highest BCUT2D eigenvalue weighted by Gasteiger charge is 2.37. The van der Waals surface area contributed by atoms with Crippen molar-refractivity contribution in [2.24, 2.45) is 0 Å². The molecule has 0 atom stereocenters. The van der Waals surface area contributed by atoms with Gasteiger partial charge < -0.3 is 19.1 Å². The van der Waals surface area contributed by atoms with Crippen LogP contribution in [0, 0.1) is 10.1 Å². The van der Waals surface area contributed by atoms with Crippen molar-refractivity contribution in [1.29, 1.82) is 0 Å². The van der Waals surface area contributed by atoms with E-state index in [1.54, 1.807) is 0 Å². The lowest BCUT2D eigenvalue weighted by atomic mass is 10.1. The van der Waals surface area contributed by atoms with Crippen LogP contribution in [0.15, 0.2) is 21.8 Å². The number of anilines is 1.